The minimum absolute atomic E-state index is 0.110. The summed E-state index contributed by atoms with van der Waals surface area (Å²) in [5.74, 6) is 0.104. The zero-order valence-corrected chi connectivity index (χ0v) is 22.8. The zero-order chi connectivity index (χ0) is 29.2. The maximum absolute atomic E-state index is 13.5. The van der Waals surface area contributed by atoms with Crippen LogP contribution in [0.15, 0.2) is 60.8 Å². The number of nitrogens with zero attached hydrogens (tertiary/aromatic N) is 2. The number of aryl methyl sites for hydroxylation is 2. The van der Waals surface area contributed by atoms with Crippen molar-refractivity contribution >= 4 is 23.9 Å². The third-order valence-electron chi connectivity index (χ3n) is 6.77. The predicted octanol–water partition coefficient (Wildman–Crippen LogP) is 2.24. The molecule has 0 unspecified atom stereocenters. The summed E-state index contributed by atoms with van der Waals surface area (Å²) in [6, 6.07) is 14.7. The Morgan fingerprint density at radius 2 is 1.88 bits per heavy atom. The minimum Gasteiger partial charge on any atom is -0.488 e. The number of imidazole rings is 1. The van der Waals surface area contributed by atoms with Gasteiger partial charge in [0.1, 0.15) is 35.7 Å². The van der Waals surface area contributed by atoms with Crippen molar-refractivity contribution in [1.82, 2.24) is 20.2 Å². The lowest BCUT2D eigenvalue weighted by molar-refractivity contribution is -0.128. The van der Waals surface area contributed by atoms with Crippen molar-refractivity contribution in [2.75, 3.05) is 13.3 Å². The van der Waals surface area contributed by atoms with E-state index in [-0.39, 0.29) is 37.8 Å². The summed E-state index contributed by atoms with van der Waals surface area (Å²) in [5, 5.41) is 11.4. The van der Waals surface area contributed by atoms with Crippen LogP contribution in [0.2, 0.25) is 0 Å². The van der Waals surface area contributed by atoms with Gasteiger partial charge in [-0.3, -0.25) is 14.4 Å². The highest BCUT2D eigenvalue weighted by molar-refractivity contribution is 5.96. The molecule has 3 N–H and O–H groups in total. The van der Waals surface area contributed by atoms with Gasteiger partial charge in [0.2, 0.25) is 5.91 Å². The van der Waals surface area contributed by atoms with Crippen LogP contribution in [0, 0.1) is 0 Å². The largest absolute Gasteiger partial charge is 0.488 e. The minimum atomic E-state index is -0.973. The van der Waals surface area contributed by atoms with E-state index in [1.165, 1.54) is 11.8 Å². The molecule has 1 aliphatic heterocycles. The molecule has 2 aromatic carbocycles. The Labute approximate surface area is 237 Å². The summed E-state index contributed by atoms with van der Waals surface area (Å²) in [7, 11) is 0. The highest BCUT2D eigenvalue weighted by Gasteiger charge is 2.42. The van der Waals surface area contributed by atoms with E-state index in [4.69, 9.17) is 14.6 Å². The van der Waals surface area contributed by atoms with Crippen LogP contribution in [-0.2, 0) is 27.2 Å². The lowest BCUT2D eigenvalue weighted by atomic mass is 10.1. The number of ketones is 1. The molecule has 3 atom stereocenters. The molecule has 1 fully saturated rings. The van der Waals surface area contributed by atoms with Gasteiger partial charge in [-0.25, -0.2) is 4.98 Å². The smallest absolute Gasteiger partial charge is 0.290 e. The number of aliphatic hydroxyl groups is 1. The Morgan fingerprint density at radius 1 is 1.12 bits per heavy atom. The van der Waals surface area contributed by atoms with E-state index < -0.39 is 30.0 Å². The molecular formula is C30H34N4O7. The van der Waals surface area contributed by atoms with E-state index in [2.05, 4.69) is 15.3 Å². The number of nitrogens with one attached hydrogen (secondary N) is 2. The lowest BCUT2D eigenvalue weighted by Crippen LogP contribution is -2.49. The van der Waals surface area contributed by atoms with Gasteiger partial charge in [-0.15, -0.1) is 0 Å². The standard InChI is InChI=1S/C30H34N4O7/c1-20(37)14-23(18-35)33-29(38)27-15-26(41-25-8-3-2-4-9-25)17-34(27)30(39)28-31-16-22(32-28)7-5-6-21-10-12-24(13-11-21)40-19-36/h2-4,8-13,16,18,23,26-27,36H,5-7,14-15,17,19H2,1H3,(H,31,32)(H,33,38)/t23-,26+,27-/m0/s1. The highest BCUT2D eigenvalue weighted by Crippen LogP contribution is 2.25. The van der Waals surface area contributed by atoms with E-state index in [0.29, 0.717) is 24.2 Å². The Kier molecular flexibility index (Phi) is 10.2. The topological polar surface area (TPSA) is 151 Å². The van der Waals surface area contributed by atoms with Crippen LogP contribution in [0.5, 0.6) is 11.5 Å². The van der Waals surface area contributed by atoms with E-state index >= 15 is 0 Å². The van der Waals surface area contributed by atoms with Gasteiger partial charge < -0.3 is 34.6 Å². The van der Waals surface area contributed by atoms with Crippen molar-refractivity contribution in [1.29, 1.82) is 0 Å². The average Bonchev–Trinajstić information content (AvgIpc) is 3.61. The number of carbonyl (C=O) groups is 4. The number of para-hydroxylation sites is 1. The first-order valence-electron chi connectivity index (χ1n) is 13.5. The van der Waals surface area contributed by atoms with E-state index in [1.807, 2.05) is 30.3 Å². The van der Waals surface area contributed by atoms with Gasteiger partial charge >= 0.3 is 0 Å². The van der Waals surface area contributed by atoms with Gasteiger partial charge in [-0.2, -0.15) is 0 Å². The first-order chi connectivity index (χ1) is 19.9. The van der Waals surface area contributed by atoms with Gasteiger partial charge in [-0.1, -0.05) is 30.3 Å². The molecule has 0 saturated carbocycles. The van der Waals surface area contributed by atoms with Gasteiger partial charge in [0.15, 0.2) is 12.6 Å². The Balaban J connectivity index is 1.41. The first kappa shape index (κ1) is 29.5. The molecule has 216 valence electrons. The number of hydrogen-bond donors (Lipinski definition) is 3. The van der Waals surface area contributed by atoms with Crippen LogP contribution >= 0.6 is 0 Å². The van der Waals surface area contributed by atoms with Crippen LogP contribution in [-0.4, -0.2) is 75.4 Å². The second-order valence-electron chi connectivity index (χ2n) is 9.95. The fraction of sp³-hybridized carbons (Fsp3) is 0.367. The number of Topliss-reactive ketones (excluding diaryl/α,β-unsaturated/α-hetero) is 1. The average molecular weight is 563 g/mol. The van der Waals surface area contributed by atoms with Crippen LogP contribution in [0.25, 0.3) is 0 Å². The van der Waals surface area contributed by atoms with Crippen LogP contribution < -0.4 is 14.8 Å². The molecule has 4 rings (SSSR count). The number of carbonyl (C=O) groups excluding carboxylic acids is 4. The van der Waals surface area contributed by atoms with E-state index in [1.54, 1.807) is 30.5 Å². The molecule has 1 saturated heterocycles. The highest BCUT2D eigenvalue weighted by atomic mass is 16.6. The van der Waals surface area contributed by atoms with Crippen molar-refractivity contribution in [3.05, 3.63) is 77.9 Å². The molecule has 1 aliphatic rings. The van der Waals surface area contributed by atoms with Crippen molar-refractivity contribution in [3.8, 4) is 11.5 Å². The molecule has 11 heteroatoms. The van der Waals surface area contributed by atoms with Gasteiger partial charge in [-0.05, 0) is 56.0 Å². The molecule has 0 bridgehead atoms. The number of aliphatic hydroxyl groups excluding tert-OH is 1. The van der Waals surface area contributed by atoms with Crippen molar-refractivity contribution < 1.29 is 33.8 Å². The number of aldehydes is 1. The molecule has 1 aromatic heterocycles. The number of benzene rings is 2. The maximum atomic E-state index is 13.5. The molecule has 0 radical (unpaired) electrons. The summed E-state index contributed by atoms with van der Waals surface area (Å²) in [6.07, 6.45) is 4.04. The summed E-state index contributed by atoms with van der Waals surface area (Å²) in [4.78, 5) is 58.4. The van der Waals surface area contributed by atoms with Crippen LogP contribution in [0.4, 0.5) is 0 Å². The number of H-pyrrole nitrogens is 1. The molecule has 2 heterocycles. The first-order valence-corrected chi connectivity index (χ1v) is 13.5. The van der Waals surface area contributed by atoms with Crippen LogP contribution in [0.3, 0.4) is 0 Å². The molecule has 41 heavy (non-hydrogen) atoms. The molecule has 2 amide bonds. The summed E-state index contributed by atoms with van der Waals surface area (Å²) >= 11 is 0. The van der Waals surface area contributed by atoms with Gasteiger partial charge in [0.05, 0.1) is 12.6 Å². The molecule has 0 spiro atoms. The predicted molar refractivity (Wildman–Crippen MR) is 148 cm³/mol. The number of aromatic nitrogens is 2. The van der Waals surface area contributed by atoms with Gasteiger partial charge in [0, 0.05) is 24.7 Å². The Morgan fingerprint density at radius 3 is 2.56 bits per heavy atom. The molecular weight excluding hydrogens is 528 g/mol. The summed E-state index contributed by atoms with van der Waals surface area (Å²) in [6.45, 7) is 1.12. The zero-order valence-electron chi connectivity index (χ0n) is 22.8. The summed E-state index contributed by atoms with van der Waals surface area (Å²) < 4.78 is 11.1. The lowest BCUT2D eigenvalue weighted by Gasteiger charge is -2.23. The molecule has 3 aromatic rings. The Hall–Kier alpha value is -4.51. The van der Waals surface area contributed by atoms with E-state index in [9.17, 15) is 19.2 Å². The SMILES string of the molecule is CC(=O)C[C@@H](C=O)NC(=O)[C@@H]1C[C@@H](Oc2ccccc2)CN1C(=O)c1ncc(CCCc2ccc(OCO)cc2)[nH]1. The second kappa shape index (κ2) is 14.2. The number of rotatable bonds is 14. The Bertz CT molecular complexity index is 1330. The number of likely N-dealkylation sites (tertiary alicyclic amines) is 1. The number of aromatic amines is 1. The fourth-order valence-electron chi connectivity index (χ4n) is 4.81. The monoisotopic (exact) mass is 562 g/mol. The normalized spacial score (nSPS) is 17.1. The second-order valence-corrected chi connectivity index (χ2v) is 9.95. The van der Waals surface area contributed by atoms with Crippen molar-refractivity contribution in [2.24, 2.45) is 0 Å². The van der Waals surface area contributed by atoms with E-state index in [0.717, 1.165) is 24.1 Å². The molecule has 0 aliphatic carbocycles. The fourth-order valence-corrected chi connectivity index (χ4v) is 4.81. The van der Waals surface area contributed by atoms with Gasteiger partial charge in [0.25, 0.3) is 5.91 Å². The number of hydrogen-bond acceptors (Lipinski definition) is 8. The van der Waals surface area contributed by atoms with Crippen molar-refractivity contribution in [2.45, 2.75) is 57.2 Å². The quantitative estimate of drug-likeness (QED) is 0.200. The third-order valence-corrected chi connectivity index (χ3v) is 6.77. The molecule has 11 nitrogen and oxygen atoms in total. The third kappa shape index (κ3) is 8.24. The number of ether oxygens (including phenoxy) is 2. The van der Waals surface area contributed by atoms with Crippen molar-refractivity contribution in [3.63, 3.8) is 0 Å². The summed E-state index contributed by atoms with van der Waals surface area (Å²) in [5.41, 5.74) is 1.90. The number of amides is 2. The van der Waals surface area contributed by atoms with Crippen LogP contribution in [0.1, 0.15) is 48.1 Å². The maximum Gasteiger partial charge on any atom is 0.290 e.